The number of carbonyl (C=O) groups is 3. The second kappa shape index (κ2) is 10.1. The van der Waals surface area contributed by atoms with E-state index in [0.717, 1.165) is 5.56 Å². The molecule has 0 aliphatic heterocycles. The number of hydrogen-bond acceptors (Lipinski definition) is 5. The van der Waals surface area contributed by atoms with Crippen molar-refractivity contribution in [1.29, 1.82) is 5.26 Å². The fraction of sp³-hybridized carbons (Fsp3) is 0.200. The molecule has 0 fully saturated rings. The van der Waals surface area contributed by atoms with Crippen LogP contribution in [-0.4, -0.2) is 30.4 Å². The number of nitrogens with zero attached hydrogens (tertiary/aromatic N) is 1. The summed E-state index contributed by atoms with van der Waals surface area (Å²) < 4.78 is 5.01. The number of ether oxygens (including phenoxy) is 1. The maximum atomic E-state index is 12.1. The number of carbonyl (C=O) groups excluding carboxylic acids is 3. The van der Waals surface area contributed by atoms with Gasteiger partial charge in [-0.1, -0.05) is 41.9 Å². The average Bonchev–Trinajstić information content (AvgIpc) is 2.67. The Morgan fingerprint density at radius 3 is 2.54 bits per heavy atom. The summed E-state index contributed by atoms with van der Waals surface area (Å²) >= 11 is 5.91. The molecule has 0 saturated heterocycles. The van der Waals surface area contributed by atoms with Gasteiger partial charge in [0.2, 0.25) is 5.91 Å². The van der Waals surface area contributed by atoms with Crippen LogP contribution in [0.3, 0.4) is 0 Å². The SMILES string of the molecule is C[C@H](OC(=O)CNC(=O)Cc1ccccc1)C(=O)Nc1ccc(C#N)c(Cl)c1. The summed E-state index contributed by atoms with van der Waals surface area (Å²) in [6.07, 6.45) is -0.934. The highest BCUT2D eigenvalue weighted by Gasteiger charge is 2.18. The van der Waals surface area contributed by atoms with Crippen LogP contribution >= 0.6 is 11.6 Å². The van der Waals surface area contributed by atoms with Crippen molar-refractivity contribution in [2.45, 2.75) is 19.4 Å². The standard InChI is InChI=1S/C20H18ClN3O4/c1-13(20(27)24-16-8-7-15(11-22)17(21)10-16)28-19(26)12-23-18(25)9-14-5-3-2-4-6-14/h2-8,10,13H,9,12H2,1H3,(H,23,25)(H,24,27)/t13-/m0/s1. The van der Waals surface area contributed by atoms with Crippen molar-refractivity contribution >= 4 is 35.1 Å². The van der Waals surface area contributed by atoms with Gasteiger partial charge in [0.05, 0.1) is 17.0 Å². The van der Waals surface area contributed by atoms with Gasteiger partial charge in [-0.05, 0) is 30.7 Å². The lowest BCUT2D eigenvalue weighted by Crippen LogP contribution is -2.36. The minimum Gasteiger partial charge on any atom is -0.451 e. The van der Waals surface area contributed by atoms with Crippen LogP contribution in [0.5, 0.6) is 0 Å². The van der Waals surface area contributed by atoms with E-state index in [9.17, 15) is 14.4 Å². The Morgan fingerprint density at radius 2 is 1.89 bits per heavy atom. The molecule has 2 amide bonds. The van der Waals surface area contributed by atoms with Crippen molar-refractivity contribution in [2.24, 2.45) is 0 Å². The molecule has 144 valence electrons. The first-order valence-electron chi connectivity index (χ1n) is 8.39. The topological polar surface area (TPSA) is 108 Å². The van der Waals surface area contributed by atoms with Gasteiger partial charge in [0.1, 0.15) is 12.6 Å². The van der Waals surface area contributed by atoms with E-state index < -0.39 is 18.0 Å². The summed E-state index contributed by atoms with van der Waals surface area (Å²) in [5.41, 5.74) is 1.47. The highest BCUT2D eigenvalue weighted by molar-refractivity contribution is 6.32. The molecule has 8 heteroatoms. The van der Waals surface area contributed by atoms with Crippen LogP contribution < -0.4 is 10.6 Å². The molecule has 0 unspecified atom stereocenters. The first kappa shape index (κ1) is 20.9. The Bertz CT molecular complexity index is 909. The second-order valence-corrected chi connectivity index (χ2v) is 6.27. The van der Waals surface area contributed by atoms with Crippen molar-refractivity contribution in [2.75, 3.05) is 11.9 Å². The van der Waals surface area contributed by atoms with Crippen LogP contribution in [0.2, 0.25) is 5.02 Å². The van der Waals surface area contributed by atoms with Gasteiger partial charge in [0.25, 0.3) is 5.91 Å². The Labute approximate surface area is 167 Å². The molecule has 0 aliphatic rings. The molecule has 0 aromatic heterocycles. The molecule has 0 aliphatic carbocycles. The smallest absolute Gasteiger partial charge is 0.326 e. The minimum atomic E-state index is -1.08. The normalized spacial score (nSPS) is 11.0. The zero-order valence-corrected chi connectivity index (χ0v) is 15.8. The van der Waals surface area contributed by atoms with Crippen molar-refractivity contribution < 1.29 is 19.1 Å². The van der Waals surface area contributed by atoms with E-state index in [1.807, 2.05) is 24.3 Å². The monoisotopic (exact) mass is 399 g/mol. The van der Waals surface area contributed by atoms with Gasteiger partial charge in [-0.25, -0.2) is 0 Å². The fourth-order valence-electron chi connectivity index (χ4n) is 2.23. The van der Waals surface area contributed by atoms with Gasteiger partial charge in [-0.2, -0.15) is 5.26 Å². The van der Waals surface area contributed by atoms with Gasteiger partial charge in [-0.3, -0.25) is 14.4 Å². The Hall–Kier alpha value is -3.37. The summed E-state index contributed by atoms with van der Waals surface area (Å²) in [4.78, 5) is 35.8. The highest BCUT2D eigenvalue weighted by Crippen LogP contribution is 2.20. The number of amides is 2. The molecule has 0 spiro atoms. The van der Waals surface area contributed by atoms with Gasteiger partial charge in [0.15, 0.2) is 6.10 Å². The number of esters is 1. The van der Waals surface area contributed by atoms with Crippen molar-refractivity contribution in [3.8, 4) is 6.07 Å². The fourth-order valence-corrected chi connectivity index (χ4v) is 2.46. The molecular weight excluding hydrogens is 382 g/mol. The molecular formula is C20H18ClN3O4. The number of hydrogen-bond donors (Lipinski definition) is 2. The molecule has 0 bridgehead atoms. The van der Waals surface area contributed by atoms with E-state index >= 15 is 0 Å². The maximum absolute atomic E-state index is 12.1. The number of nitrogens with one attached hydrogen (secondary N) is 2. The number of benzene rings is 2. The summed E-state index contributed by atoms with van der Waals surface area (Å²) in [5.74, 6) is -1.63. The molecule has 0 heterocycles. The zero-order chi connectivity index (χ0) is 20.5. The molecule has 7 nitrogen and oxygen atoms in total. The molecule has 0 radical (unpaired) electrons. The Balaban J connectivity index is 1.78. The van der Waals surface area contributed by atoms with Gasteiger partial charge in [-0.15, -0.1) is 0 Å². The Morgan fingerprint density at radius 1 is 1.18 bits per heavy atom. The second-order valence-electron chi connectivity index (χ2n) is 5.87. The summed E-state index contributed by atoms with van der Waals surface area (Å²) in [6.45, 7) is 1.07. The van der Waals surface area contributed by atoms with Crippen LogP contribution in [0.4, 0.5) is 5.69 Å². The highest BCUT2D eigenvalue weighted by atomic mass is 35.5. The van der Waals surface area contributed by atoms with Crippen molar-refractivity contribution in [1.82, 2.24) is 5.32 Å². The molecule has 2 N–H and O–H groups in total. The summed E-state index contributed by atoms with van der Waals surface area (Å²) in [7, 11) is 0. The minimum absolute atomic E-state index is 0.142. The third kappa shape index (κ3) is 6.41. The molecule has 2 aromatic carbocycles. The average molecular weight is 400 g/mol. The molecule has 2 rings (SSSR count). The van der Waals surface area contributed by atoms with E-state index in [1.54, 1.807) is 12.1 Å². The number of nitriles is 1. The number of halogens is 1. The van der Waals surface area contributed by atoms with E-state index in [0.29, 0.717) is 5.69 Å². The molecule has 1 atom stereocenters. The lowest BCUT2D eigenvalue weighted by molar-refractivity contribution is -0.152. The van der Waals surface area contributed by atoms with Gasteiger partial charge in [0, 0.05) is 5.69 Å². The maximum Gasteiger partial charge on any atom is 0.326 e. The third-order valence-electron chi connectivity index (χ3n) is 3.67. The largest absolute Gasteiger partial charge is 0.451 e. The number of rotatable bonds is 7. The molecule has 2 aromatic rings. The first-order chi connectivity index (χ1) is 13.4. The van der Waals surface area contributed by atoms with Gasteiger partial charge < -0.3 is 15.4 Å². The van der Waals surface area contributed by atoms with E-state index in [1.165, 1.54) is 25.1 Å². The van der Waals surface area contributed by atoms with Crippen LogP contribution in [0.1, 0.15) is 18.1 Å². The van der Waals surface area contributed by atoms with E-state index in [-0.39, 0.29) is 29.5 Å². The first-order valence-corrected chi connectivity index (χ1v) is 8.77. The van der Waals surface area contributed by atoms with Crippen molar-refractivity contribution in [3.63, 3.8) is 0 Å². The van der Waals surface area contributed by atoms with E-state index in [4.69, 9.17) is 21.6 Å². The summed E-state index contributed by atoms with van der Waals surface area (Å²) in [6, 6.07) is 15.4. The predicted molar refractivity (Wildman–Crippen MR) is 104 cm³/mol. The van der Waals surface area contributed by atoms with Crippen LogP contribution in [0.25, 0.3) is 0 Å². The third-order valence-corrected chi connectivity index (χ3v) is 3.98. The zero-order valence-electron chi connectivity index (χ0n) is 15.1. The van der Waals surface area contributed by atoms with Crippen molar-refractivity contribution in [3.05, 3.63) is 64.7 Å². The van der Waals surface area contributed by atoms with Gasteiger partial charge >= 0.3 is 5.97 Å². The number of anilines is 1. The van der Waals surface area contributed by atoms with Crippen LogP contribution in [0.15, 0.2) is 48.5 Å². The lowest BCUT2D eigenvalue weighted by atomic mass is 10.1. The molecule has 0 saturated carbocycles. The Kier molecular flexibility index (Phi) is 7.55. The lowest BCUT2D eigenvalue weighted by Gasteiger charge is -2.14. The van der Waals surface area contributed by atoms with Crippen LogP contribution in [0, 0.1) is 11.3 Å². The molecule has 28 heavy (non-hydrogen) atoms. The van der Waals surface area contributed by atoms with E-state index in [2.05, 4.69) is 10.6 Å². The summed E-state index contributed by atoms with van der Waals surface area (Å²) in [5, 5.41) is 14.0. The predicted octanol–water partition coefficient (Wildman–Crippen LogP) is 2.44. The van der Waals surface area contributed by atoms with Crippen LogP contribution in [-0.2, 0) is 25.5 Å². The quantitative estimate of drug-likeness (QED) is 0.695.